The number of rotatable bonds is 6. The van der Waals surface area contributed by atoms with Crippen molar-refractivity contribution in [2.45, 2.75) is 25.0 Å². The van der Waals surface area contributed by atoms with Crippen LogP contribution >= 0.6 is 0 Å². The largest absolute Gasteiger partial charge is 0.507 e. The van der Waals surface area contributed by atoms with Gasteiger partial charge in [-0.1, -0.05) is 12.1 Å². The van der Waals surface area contributed by atoms with Crippen LogP contribution < -0.4 is 29.0 Å². The Morgan fingerprint density at radius 1 is 1.06 bits per heavy atom. The number of para-hydroxylation sites is 1. The molecule has 8 nitrogen and oxygen atoms in total. The summed E-state index contributed by atoms with van der Waals surface area (Å²) in [6.45, 7) is 1.81. The highest BCUT2D eigenvalue weighted by Gasteiger charge is 2.48. The Bertz CT molecular complexity index is 1150. The first-order valence-corrected chi connectivity index (χ1v) is 10.4. The lowest BCUT2D eigenvalue weighted by Gasteiger charge is -2.45. The second-order valence-electron chi connectivity index (χ2n) is 7.98. The Labute approximate surface area is 192 Å². The maximum Gasteiger partial charge on any atom is 0.254 e. The Morgan fingerprint density at radius 3 is 2.45 bits per heavy atom. The molecule has 1 amide bonds. The molecule has 174 valence electrons. The van der Waals surface area contributed by atoms with Gasteiger partial charge in [-0.05, 0) is 37.3 Å². The molecule has 2 heterocycles. The molecule has 0 unspecified atom stereocenters. The number of carbonyl (C=O) groups is 1. The van der Waals surface area contributed by atoms with Gasteiger partial charge >= 0.3 is 0 Å². The van der Waals surface area contributed by atoms with E-state index < -0.39 is 5.72 Å². The van der Waals surface area contributed by atoms with Gasteiger partial charge in [0.2, 0.25) is 5.75 Å². The zero-order valence-electron chi connectivity index (χ0n) is 19.2. The average Bonchev–Trinajstić information content (AvgIpc) is 2.80. The molecule has 0 saturated carbocycles. The third kappa shape index (κ3) is 3.82. The zero-order valence-corrected chi connectivity index (χ0v) is 19.2. The van der Waals surface area contributed by atoms with Gasteiger partial charge in [-0.2, -0.15) is 0 Å². The number of amides is 1. The van der Waals surface area contributed by atoms with Crippen molar-refractivity contribution in [2.24, 2.45) is 0 Å². The number of ether oxygens (including phenoxy) is 5. The van der Waals surface area contributed by atoms with Crippen molar-refractivity contribution in [3.05, 3.63) is 58.9 Å². The minimum absolute atomic E-state index is 0.146. The van der Waals surface area contributed by atoms with E-state index >= 15 is 0 Å². The van der Waals surface area contributed by atoms with Gasteiger partial charge in [0.05, 0.1) is 34.0 Å². The number of aliphatic hydroxyl groups is 1. The van der Waals surface area contributed by atoms with Crippen molar-refractivity contribution in [3.63, 3.8) is 0 Å². The van der Waals surface area contributed by atoms with Gasteiger partial charge in [0.15, 0.2) is 28.7 Å². The number of allylic oxidation sites excluding steroid dienone is 1. The van der Waals surface area contributed by atoms with E-state index in [9.17, 15) is 9.90 Å². The smallest absolute Gasteiger partial charge is 0.254 e. The lowest BCUT2D eigenvalue weighted by molar-refractivity contribution is -0.127. The van der Waals surface area contributed by atoms with E-state index in [0.717, 1.165) is 5.56 Å². The standard InChI is InChI=1S/C25H27NO7/c1-25-13-16(15-7-6-8-18(29-2)22(15)33-25)20(24(28)26-25)17(27)11-9-14-10-12-19(30-3)23(32-5)21(14)31-4/h6-12,16,27H,13H2,1-5H3,(H,26,28)/b11-9+,20-17-/t16-,25+/m1/s1. The van der Waals surface area contributed by atoms with Gasteiger partial charge in [0.25, 0.3) is 5.91 Å². The summed E-state index contributed by atoms with van der Waals surface area (Å²) in [5.41, 5.74) is 0.808. The van der Waals surface area contributed by atoms with E-state index in [0.29, 0.717) is 40.7 Å². The minimum Gasteiger partial charge on any atom is -0.507 e. The Kier molecular flexibility index (Phi) is 5.84. The molecular weight excluding hydrogens is 426 g/mol. The maximum atomic E-state index is 13.0. The molecule has 8 heteroatoms. The summed E-state index contributed by atoms with van der Waals surface area (Å²) >= 11 is 0. The maximum absolute atomic E-state index is 13.0. The highest BCUT2D eigenvalue weighted by molar-refractivity contribution is 5.98. The molecule has 0 spiro atoms. The molecule has 1 saturated heterocycles. The highest BCUT2D eigenvalue weighted by Crippen LogP contribution is 2.50. The molecule has 4 rings (SSSR count). The molecule has 2 atom stereocenters. The summed E-state index contributed by atoms with van der Waals surface area (Å²) in [7, 11) is 6.15. The molecule has 1 fully saturated rings. The zero-order chi connectivity index (χ0) is 23.8. The number of carbonyl (C=O) groups excluding carboxylic acids is 1. The summed E-state index contributed by atoms with van der Waals surface area (Å²) in [5.74, 6) is 1.65. The molecule has 0 radical (unpaired) electrons. The number of nitrogens with one attached hydrogen (secondary N) is 1. The van der Waals surface area contributed by atoms with E-state index in [1.807, 2.05) is 19.1 Å². The van der Waals surface area contributed by atoms with Crippen LogP contribution in [0.25, 0.3) is 6.08 Å². The van der Waals surface area contributed by atoms with Crippen LogP contribution in [0.1, 0.15) is 30.4 Å². The third-order valence-electron chi connectivity index (χ3n) is 5.93. The van der Waals surface area contributed by atoms with E-state index in [4.69, 9.17) is 23.7 Å². The SMILES string of the molecule is COc1cccc2c1O[C@@]1(C)C[C@H]2/C(=C(O)\C=C\c2ccc(OC)c(OC)c2OC)C(=O)N1. The van der Waals surface area contributed by atoms with Crippen molar-refractivity contribution in [3.8, 4) is 28.7 Å². The van der Waals surface area contributed by atoms with Gasteiger partial charge in [-0.25, -0.2) is 0 Å². The lowest BCUT2D eigenvalue weighted by atomic mass is 9.77. The number of aliphatic hydroxyl groups excluding tert-OH is 1. The first-order chi connectivity index (χ1) is 15.9. The summed E-state index contributed by atoms with van der Waals surface area (Å²) in [6.07, 6.45) is 3.62. The van der Waals surface area contributed by atoms with E-state index in [1.54, 1.807) is 38.5 Å². The van der Waals surface area contributed by atoms with Crippen LogP contribution in [0.15, 0.2) is 47.7 Å². The Morgan fingerprint density at radius 2 is 1.79 bits per heavy atom. The van der Waals surface area contributed by atoms with Crippen LogP contribution in [0, 0.1) is 0 Å². The normalized spacial score (nSPS) is 22.7. The van der Waals surface area contributed by atoms with Gasteiger partial charge in [0.1, 0.15) is 5.76 Å². The minimum atomic E-state index is -0.899. The number of piperidine rings is 1. The summed E-state index contributed by atoms with van der Waals surface area (Å²) in [6, 6.07) is 9.05. The van der Waals surface area contributed by atoms with Crippen LogP contribution in [0.2, 0.25) is 0 Å². The van der Waals surface area contributed by atoms with Crippen LogP contribution in [-0.2, 0) is 4.79 Å². The first-order valence-electron chi connectivity index (χ1n) is 10.4. The summed E-state index contributed by atoms with van der Waals surface area (Å²) in [4.78, 5) is 13.0. The number of fused-ring (bicyclic) bond motifs is 4. The predicted molar refractivity (Wildman–Crippen MR) is 122 cm³/mol. The number of hydrogen-bond donors (Lipinski definition) is 2. The van der Waals surface area contributed by atoms with Crippen molar-refractivity contribution >= 4 is 12.0 Å². The predicted octanol–water partition coefficient (Wildman–Crippen LogP) is 3.96. The number of hydrogen-bond acceptors (Lipinski definition) is 7. The second kappa shape index (κ2) is 8.61. The average molecular weight is 453 g/mol. The third-order valence-corrected chi connectivity index (χ3v) is 5.93. The topological polar surface area (TPSA) is 95.5 Å². The fourth-order valence-electron chi connectivity index (χ4n) is 4.45. The fraction of sp³-hybridized carbons (Fsp3) is 0.320. The molecule has 2 aliphatic heterocycles. The van der Waals surface area contributed by atoms with Crippen LogP contribution in [0.5, 0.6) is 28.7 Å². The van der Waals surface area contributed by atoms with Crippen LogP contribution in [0.3, 0.4) is 0 Å². The van der Waals surface area contributed by atoms with E-state index in [-0.39, 0.29) is 23.2 Å². The summed E-state index contributed by atoms with van der Waals surface area (Å²) < 4.78 is 27.8. The molecule has 2 aromatic rings. The van der Waals surface area contributed by atoms with E-state index in [1.165, 1.54) is 20.3 Å². The Balaban J connectivity index is 1.78. The van der Waals surface area contributed by atoms with Gasteiger partial charge in [-0.3, -0.25) is 4.79 Å². The van der Waals surface area contributed by atoms with Crippen LogP contribution in [0.4, 0.5) is 0 Å². The fourth-order valence-corrected chi connectivity index (χ4v) is 4.45. The number of methoxy groups -OCH3 is 4. The second-order valence-corrected chi connectivity index (χ2v) is 7.98. The highest BCUT2D eigenvalue weighted by atomic mass is 16.5. The van der Waals surface area contributed by atoms with Crippen molar-refractivity contribution in [1.82, 2.24) is 5.32 Å². The van der Waals surface area contributed by atoms with Crippen LogP contribution in [-0.4, -0.2) is 45.2 Å². The molecule has 0 aromatic heterocycles. The first kappa shape index (κ1) is 22.4. The molecule has 2 aromatic carbocycles. The summed E-state index contributed by atoms with van der Waals surface area (Å²) in [5, 5.41) is 13.9. The van der Waals surface area contributed by atoms with Crippen molar-refractivity contribution < 1.29 is 33.6 Å². The van der Waals surface area contributed by atoms with Crippen molar-refractivity contribution in [1.29, 1.82) is 0 Å². The monoisotopic (exact) mass is 453 g/mol. The molecule has 33 heavy (non-hydrogen) atoms. The van der Waals surface area contributed by atoms with E-state index in [2.05, 4.69) is 5.32 Å². The quantitative estimate of drug-likeness (QED) is 0.505. The lowest BCUT2D eigenvalue weighted by Crippen LogP contribution is -2.58. The molecule has 0 aliphatic carbocycles. The Hall–Kier alpha value is -3.81. The number of benzene rings is 2. The van der Waals surface area contributed by atoms with Crippen molar-refractivity contribution in [2.75, 3.05) is 28.4 Å². The van der Waals surface area contributed by atoms with Gasteiger partial charge in [0, 0.05) is 23.5 Å². The van der Waals surface area contributed by atoms with Gasteiger partial charge < -0.3 is 34.1 Å². The molecular formula is C25H27NO7. The van der Waals surface area contributed by atoms with Gasteiger partial charge in [-0.15, -0.1) is 0 Å². The molecule has 2 aliphatic rings. The molecule has 2 bridgehead atoms. The molecule has 2 N–H and O–H groups in total.